The van der Waals surface area contributed by atoms with Crippen LogP contribution in [0.5, 0.6) is 0 Å². The number of hydrogen-bond acceptors (Lipinski definition) is 2. The number of amides is 1. The second-order valence-corrected chi connectivity index (χ2v) is 5.66. The quantitative estimate of drug-likeness (QED) is 0.844. The lowest BCUT2D eigenvalue weighted by atomic mass is 10.1. The van der Waals surface area contributed by atoms with Crippen molar-refractivity contribution in [2.75, 3.05) is 13.1 Å². The molecule has 2 atom stereocenters. The van der Waals surface area contributed by atoms with E-state index >= 15 is 0 Å². The molecule has 1 aliphatic heterocycles. The van der Waals surface area contributed by atoms with Crippen molar-refractivity contribution >= 4 is 34.2 Å². The second kappa shape index (κ2) is 6.68. The molecule has 0 aromatic heterocycles. The van der Waals surface area contributed by atoms with Crippen molar-refractivity contribution in [2.45, 2.75) is 25.9 Å². The maximum atomic E-state index is 13.8. The van der Waals surface area contributed by atoms with Crippen LogP contribution in [0.15, 0.2) is 22.7 Å². The van der Waals surface area contributed by atoms with Crippen molar-refractivity contribution in [1.29, 1.82) is 0 Å². The number of nitrogens with one attached hydrogen (secondary N) is 1. The van der Waals surface area contributed by atoms with Gasteiger partial charge in [0.15, 0.2) is 0 Å². The fourth-order valence-corrected chi connectivity index (χ4v) is 2.46. The van der Waals surface area contributed by atoms with E-state index in [1.54, 1.807) is 11.0 Å². The Hall–Kier alpha value is -0.650. The smallest absolute Gasteiger partial charge is 0.257 e. The maximum absolute atomic E-state index is 13.8. The summed E-state index contributed by atoms with van der Waals surface area (Å²) in [5, 5.41) is 3.30. The Bertz CT molecular complexity index is 472. The number of halogens is 3. The third kappa shape index (κ3) is 3.68. The first kappa shape index (κ1) is 16.4. The monoisotopic (exact) mass is 350 g/mol. The zero-order chi connectivity index (χ0) is 13.3. The van der Waals surface area contributed by atoms with Gasteiger partial charge in [0.25, 0.3) is 5.91 Å². The zero-order valence-corrected chi connectivity index (χ0v) is 13.2. The van der Waals surface area contributed by atoms with Crippen LogP contribution in [0.3, 0.4) is 0 Å². The van der Waals surface area contributed by atoms with Gasteiger partial charge in [0.1, 0.15) is 5.82 Å². The summed E-state index contributed by atoms with van der Waals surface area (Å²) in [5.74, 6) is -0.714. The summed E-state index contributed by atoms with van der Waals surface area (Å²) in [6.07, 6.45) is 0. The van der Waals surface area contributed by atoms with Crippen molar-refractivity contribution in [1.82, 2.24) is 10.2 Å². The van der Waals surface area contributed by atoms with Crippen LogP contribution in [0.25, 0.3) is 0 Å². The van der Waals surface area contributed by atoms with Gasteiger partial charge in [-0.05, 0) is 32.0 Å². The number of rotatable bonds is 1. The van der Waals surface area contributed by atoms with Crippen LogP contribution in [-0.4, -0.2) is 36.0 Å². The fourth-order valence-electron chi connectivity index (χ4n) is 2.12. The summed E-state index contributed by atoms with van der Waals surface area (Å²) in [6, 6.07) is 4.86. The Labute approximate surface area is 127 Å². The number of nitrogens with zero attached hydrogens (tertiary/aromatic N) is 1. The minimum absolute atomic E-state index is 0. The highest BCUT2D eigenvalue weighted by atomic mass is 79.9. The molecule has 0 radical (unpaired) electrons. The molecule has 1 heterocycles. The number of benzene rings is 1. The summed E-state index contributed by atoms with van der Waals surface area (Å²) in [5.41, 5.74) is 0.138. The van der Waals surface area contributed by atoms with E-state index in [1.807, 2.05) is 13.8 Å². The van der Waals surface area contributed by atoms with Gasteiger partial charge in [0, 0.05) is 29.6 Å². The molecule has 0 aliphatic carbocycles. The Kier molecular flexibility index (Phi) is 5.77. The zero-order valence-electron chi connectivity index (χ0n) is 10.8. The standard InChI is InChI=1S/C13H16BrFN2O.ClH/c1-8-7-17(9(2)6-16-8)13(18)11-4-3-10(14)5-12(11)15;/h3-5,8-9,16H,6-7H2,1-2H3;1H. The highest BCUT2D eigenvalue weighted by molar-refractivity contribution is 9.10. The predicted octanol–water partition coefficient (Wildman–Crippen LogP) is 2.83. The SMILES string of the molecule is CC1CN(C(=O)c2ccc(Br)cc2F)C(C)CN1.Cl. The minimum atomic E-state index is -0.479. The summed E-state index contributed by atoms with van der Waals surface area (Å²) in [6.45, 7) is 5.33. The molecule has 1 aromatic carbocycles. The van der Waals surface area contributed by atoms with Gasteiger partial charge in [0.05, 0.1) is 5.56 Å². The van der Waals surface area contributed by atoms with E-state index < -0.39 is 5.82 Å². The van der Waals surface area contributed by atoms with E-state index in [1.165, 1.54) is 12.1 Å². The van der Waals surface area contributed by atoms with Crippen LogP contribution in [0.4, 0.5) is 4.39 Å². The molecule has 0 bridgehead atoms. The van der Waals surface area contributed by atoms with Crippen LogP contribution in [-0.2, 0) is 0 Å². The van der Waals surface area contributed by atoms with Crippen LogP contribution in [0.2, 0.25) is 0 Å². The number of carbonyl (C=O) groups excluding carboxylic acids is 1. The normalized spacial score (nSPS) is 22.8. The molecular formula is C13H17BrClFN2O. The summed E-state index contributed by atoms with van der Waals surface area (Å²) in [4.78, 5) is 14.1. The van der Waals surface area contributed by atoms with Crippen molar-refractivity contribution < 1.29 is 9.18 Å². The highest BCUT2D eigenvalue weighted by Gasteiger charge is 2.28. The van der Waals surface area contributed by atoms with Crippen molar-refractivity contribution in [3.8, 4) is 0 Å². The lowest BCUT2D eigenvalue weighted by molar-refractivity contribution is 0.0611. The molecular weight excluding hydrogens is 335 g/mol. The Balaban J connectivity index is 0.00000180. The maximum Gasteiger partial charge on any atom is 0.257 e. The molecule has 1 aromatic rings. The van der Waals surface area contributed by atoms with Crippen LogP contribution in [0, 0.1) is 5.82 Å². The van der Waals surface area contributed by atoms with Crippen molar-refractivity contribution in [3.63, 3.8) is 0 Å². The largest absolute Gasteiger partial charge is 0.333 e. The van der Waals surface area contributed by atoms with E-state index in [4.69, 9.17) is 0 Å². The number of carbonyl (C=O) groups is 1. The van der Waals surface area contributed by atoms with Crippen LogP contribution >= 0.6 is 28.3 Å². The van der Waals surface area contributed by atoms with Gasteiger partial charge in [-0.25, -0.2) is 4.39 Å². The Morgan fingerprint density at radius 1 is 1.47 bits per heavy atom. The van der Waals surface area contributed by atoms with Crippen LogP contribution in [0.1, 0.15) is 24.2 Å². The minimum Gasteiger partial charge on any atom is -0.333 e. The molecule has 3 nitrogen and oxygen atoms in total. The van der Waals surface area contributed by atoms with E-state index in [-0.39, 0.29) is 36.0 Å². The van der Waals surface area contributed by atoms with Gasteiger partial charge < -0.3 is 10.2 Å². The summed E-state index contributed by atoms with van der Waals surface area (Å²) >= 11 is 3.19. The van der Waals surface area contributed by atoms with Gasteiger partial charge >= 0.3 is 0 Å². The highest BCUT2D eigenvalue weighted by Crippen LogP contribution is 2.19. The van der Waals surface area contributed by atoms with E-state index in [0.29, 0.717) is 11.0 Å². The van der Waals surface area contributed by atoms with Crippen molar-refractivity contribution in [3.05, 3.63) is 34.1 Å². The van der Waals surface area contributed by atoms with Gasteiger partial charge in [-0.2, -0.15) is 0 Å². The molecule has 0 saturated carbocycles. The lowest BCUT2D eigenvalue weighted by Gasteiger charge is -2.37. The molecule has 19 heavy (non-hydrogen) atoms. The van der Waals surface area contributed by atoms with Gasteiger partial charge in [-0.15, -0.1) is 12.4 Å². The number of hydrogen-bond donors (Lipinski definition) is 1. The molecule has 1 N–H and O–H groups in total. The van der Waals surface area contributed by atoms with E-state index in [2.05, 4.69) is 21.2 Å². The average Bonchev–Trinajstić information content (AvgIpc) is 2.31. The first-order chi connectivity index (χ1) is 8.49. The van der Waals surface area contributed by atoms with Crippen LogP contribution < -0.4 is 5.32 Å². The summed E-state index contributed by atoms with van der Waals surface area (Å²) < 4.78 is 14.4. The van der Waals surface area contributed by atoms with E-state index in [0.717, 1.165) is 6.54 Å². The first-order valence-electron chi connectivity index (χ1n) is 5.98. The molecule has 2 unspecified atom stereocenters. The van der Waals surface area contributed by atoms with Gasteiger partial charge in [-0.1, -0.05) is 15.9 Å². The topological polar surface area (TPSA) is 32.3 Å². The van der Waals surface area contributed by atoms with Gasteiger partial charge in [-0.3, -0.25) is 4.79 Å². The summed E-state index contributed by atoms with van der Waals surface area (Å²) in [7, 11) is 0. The molecule has 1 saturated heterocycles. The first-order valence-corrected chi connectivity index (χ1v) is 6.77. The average molecular weight is 352 g/mol. The predicted molar refractivity (Wildman–Crippen MR) is 79.3 cm³/mol. The molecule has 0 spiro atoms. The lowest BCUT2D eigenvalue weighted by Crippen LogP contribution is -2.56. The fraction of sp³-hybridized carbons (Fsp3) is 0.462. The van der Waals surface area contributed by atoms with Crippen molar-refractivity contribution in [2.24, 2.45) is 0 Å². The molecule has 1 aliphatic rings. The van der Waals surface area contributed by atoms with Gasteiger partial charge in [0.2, 0.25) is 0 Å². The van der Waals surface area contributed by atoms with E-state index in [9.17, 15) is 9.18 Å². The molecule has 1 fully saturated rings. The Morgan fingerprint density at radius 3 is 2.79 bits per heavy atom. The number of piperazine rings is 1. The Morgan fingerprint density at radius 2 is 2.16 bits per heavy atom. The molecule has 1 amide bonds. The third-order valence-electron chi connectivity index (χ3n) is 3.19. The molecule has 6 heteroatoms. The molecule has 2 rings (SSSR count). The third-order valence-corrected chi connectivity index (χ3v) is 3.68. The molecule has 106 valence electrons. The second-order valence-electron chi connectivity index (χ2n) is 4.74.